The van der Waals surface area contributed by atoms with Crippen LogP contribution in [-0.2, 0) is 11.2 Å². The number of oxazole rings is 1. The van der Waals surface area contributed by atoms with E-state index in [9.17, 15) is 9.90 Å². The first-order chi connectivity index (χ1) is 11.6. The summed E-state index contributed by atoms with van der Waals surface area (Å²) < 4.78 is 5.80. The SMILES string of the molecule is Cc1nc(CCC(=O)NCC2(O)CCSC2)oc1-c1ccccc1. The number of hydrogen-bond acceptors (Lipinski definition) is 5. The van der Waals surface area contributed by atoms with Crippen LogP contribution in [0.2, 0.25) is 0 Å². The number of nitrogens with one attached hydrogen (secondary N) is 1. The van der Waals surface area contributed by atoms with E-state index < -0.39 is 5.60 Å². The van der Waals surface area contributed by atoms with E-state index in [2.05, 4.69) is 10.3 Å². The zero-order valence-corrected chi connectivity index (χ0v) is 14.6. The van der Waals surface area contributed by atoms with Gasteiger partial charge in [-0.2, -0.15) is 11.8 Å². The summed E-state index contributed by atoms with van der Waals surface area (Å²) in [7, 11) is 0. The van der Waals surface area contributed by atoms with Crippen LogP contribution in [0.25, 0.3) is 11.3 Å². The third-order valence-electron chi connectivity index (χ3n) is 4.14. The first-order valence-electron chi connectivity index (χ1n) is 8.14. The molecule has 1 fully saturated rings. The van der Waals surface area contributed by atoms with E-state index in [1.54, 1.807) is 11.8 Å². The van der Waals surface area contributed by atoms with Crippen LogP contribution < -0.4 is 5.32 Å². The molecule has 5 nitrogen and oxygen atoms in total. The molecule has 0 spiro atoms. The van der Waals surface area contributed by atoms with Crippen LogP contribution in [0.4, 0.5) is 0 Å². The smallest absolute Gasteiger partial charge is 0.220 e. The van der Waals surface area contributed by atoms with Crippen molar-refractivity contribution in [2.75, 3.05) is 18.1 Å². The second kappa shape index (κ2) is 7.40. The van der Waals surface area contributed by atoms with E-state index in [0.29, 0.717) is 31.0 Å². The van der Waals surface area contributed by atoms with Gasteiger partial charge in [-0.25, -0.2) is 4.98 Å². The number of carbonyl (C=O) groups is 1. The van der Waals surface area contributed by atoms with Gasteiger partial charge in [-0.3, -0.25) is 4.79 Å². The summed E-state index contributed by atoms with van der Waals surface area (Å²) in [6.45, 7) is 2.22. The number of hydrogen-bond donors (Lipinski definition) is 2. The van der Waals surface area contributed by atoms with Crippen LogP contribution in [0, 0.1) is 6.92 Å². The van der Waals surface area contributed by atoms with Crippen LogP contribution in [0.15, 0.2) is 34.7 Å². The lowest BCUT2D eigenvalue weighted by Crippen LogP contribution is -2.43. The number of aryl methyl sites for hydroxylation is 2. The Morgan fingerprint density at radius 2 is 2.21 bits per heavy atom. The molecule has 0 bridgehead atoms. The van der Waals surface area contributed by atoms with Gasteiger partial charge < -0.3 is 14.8 Å². The number of thioether (sulfide) groups is 1. The van der Waals surface area contributed by atoms with E-state index in [1.807, 2.05) is 37.3 Å². The minimum Gasteiger partial charge on any atom is -0.440 e. The van der Waals surface area contributed by atoms with Crippen molar-refractivity contribution < 1.29 is 14.3 Å². The fourth-order valence-corrected chi connectivity index (χ4v) is 4.02. The molecule has 2 N–H and O–H groups in total. The molecule has 1 amide bonds. The molecule has 0 aliphatic carbocycles. The molecule has 3 rings (SSSR count). The molecular weight excluding hydrogens is 324 g/mol. The Morgan fingerprint density at radius 3 is 2.92 bits per heavy atom. The molecule has 6 heteroatoms. The lowest BCUT2D eigenvalue weighted by Gasteiger charge is -2.21. The van der Waals surface area contributed by atoms with E-state index in [-0.39, 0.29) is 5.91 Å². The Morgan fingerprint density at radius 1 is 1.42 bits per heavy atom. The zero-order chi connectivity index (χ0) is 17.0. The first-order valence-corrected chi connectivity index (χ1v) is 9.30. The molecule has 24 heavy (non-hydrogen) atoms. The van der Waals surface area contributed by atoms with Crippen LogP contribution >= 0.6 is 11.8 Å². The van der Waals surface area contributed by atoms with E-state index >= 15 is 0 Å². The molecule has 128 valence electrons. The highest BCUT2D eigenvalue weighted by molar-refractivity contribution is 7.99. The van der Waals surface area contributed by atoms with Crippen molar-refractivity contribution in [3.63, 3.8) is 0 Å². The predicted molar refractivity (Wildman–Crippen MR) is 94.9 cm³/mol. The number of nitrogens with zero attached hydrogens (tertiary/aromatic N) is 1. The number of carbonyl (C=O) groups excluding carboxylic acids is 1. The molecule has 1 unspecified atom stereocenters. The Kier molecular flexibility index (Phi) is 5.26. The molecule has 1 aliphatic heterocycles. The molecule has 2 heterocycles. The van der Waals surface area contributed by atoms with Crippen molar-refractivity contribution in [2.24, 2.45) is 0 Å². The largest absolute Gasteiger partial charge is 0.440 e. The average Bonchev–Trinajstić information content (AvgIpc) is 3.18. The zero-order valence-electron chi connectivity index (χ0n) is 13.7. The van der Waals surface area contributed by atoms with Gasteiger partial charge in [0.05, 0.1) is 11.3 Å². The third-order valence-corrected chi connectivity index (χ3v) is 5.37. The van der Waals surface area contributed by atoms with E-state index in [4.69, 9.17) is 4.42 Å². The van der Waals surface area contributed by atoms with Gasteiger partial charge in [0.15, 0.2) is 11.7 Å². The van der Waals surface area contributed by atoms with Gasteiger partial charge in [-0.1, -0.05) is 30.3 Å². The summed E-state index contributed by atoms with van der Waals surface area (Å²) >= 11 is 1.72. The number of aromatic nitrogens is 1. The van der Waals surface area contributed by atoms with Crippen LogP contribution in [0.5, 0.6) is 0 Å². The topological polar surface area (TPSA) is 75.4 Å². The van der Waals surface area contributed by atoms with Crippen LogP contribution in [-0.4, -0.2) is 39.6 Å². The lowest BCUT2D eigenvalue weighted by molar-refractivity contribution is -0.122. The highest BCUT2D eigenvalue weighted by atomic mass is 32.2. The molecule has 1 aromatic heterocycles. The maximum atomic E-state index is 12.0. The second-order valence-corrected chi connectivity index (χ2v) is 7.30. The van der Waals surface area contributed by atoms with Gasteiger partial charge in [-0.15, -0.1) is 0 Å². The maximum absolute atomic E-state index is 12.0. The highest BCUT2D eigenvalue weighted by Crippen LogP contribution is 2.27. The monoisotopic (exact) mass is 346 g/mol. The van der Waals surface area contributed by atoms with Gasteiger partial charge in [0.1, 0.15) is 0 Å². The highest BCUT2D eigenvalue weighted by Gasteiger charge is 2.31. The van der Waals surface area contributed by atoms with Gasteiger partial charge >= 0.3 is 0 Å². The minimum atomic E-state index is -0.750. The Hall–Kier alpha value is -1.79. The average molecular weight is 346 g/mol. The molecule has 2 aromatic rings. The fraction of sp³-hybridized carbons (Fsp3) is 0.444. The van der Waals surface area contributed by atoms with Gasteiger partial charge in [0.2, 0.25) is 5.91 Å². The Bertz CT molecular complexity index is 694. The van der Waals surface area contributed by atoms with E-state index in [1.165, 1.54) is 0 Å². The lowest BCUT2D eigenvalue weighted by atomic mass is 10.0. The van der Waals surface area contributed by atoms with Crippen molar-refractivity contribution in [1.82, 2.24) is 10.3 Å². The molecule has 1 aromatic carbocycles. The number of amides is 1. The van der Waals surface area contributed by atoms with Crippen molar-refractivity contribution in [2.45, 2.75) is 31.8 Å². The quantitative estimate of drug-likeness (QED) is 0.841. The Balaban J connectivity index is 1.52. The summed E-state index contributed by atoms with van der Waals surface area (Å²) in [5.41, 5.74) is 1.06. The molecule has 1 saturated heterocycles. The molecule has 0 saturated carbocycles. The summed E-state index contributed by atoms with van der Waals surface area (Å²) in [5.74, 6) is 2.87. The first kappa shape index (κ1) is 17.0. The summed E-state index contributed by atoms with van der Waals surface area (Å²) in [6.07, 6.45) is 1.49. The van der Waals surface area contributed by atoms with Crippen molar-refractivity contribution in [3.05, 3.63) is 41.9 Å². The van der Waals surface area contributed by atoms with Crippen molar-refractivity contribution in [1.29, 1.82) is 0 Å². The Labute approximate surface area is 145 Å². The van der Waals surface area contributed by atoms with Gasteiger partial charge in [0, 0.05) is 30.7 Å². The van der Waals surface area contributed by atoms with Crippen LogP contribution in [0.1, 0.15) is 24.4 Å². The molecule has 0 radical (unpaired) electrons. The summed E-state index contributed by atoms with van der Waals surface area (Å²) in [6, 6.07) is 9.82. The van der Waals surface area contributed by atoms with Crippen LogP contribution in [0.3, 0.4) is 0 Å². The standard InChI is InChI=1S/C18H22N2O3S/c1-13-17(14-5-3-2-4-6-14)23-16(20-13)8-7-15(21)19-11-18(22)9-10-24-12-18/h2-6,22H,7-12H2,1H3,(H,19,21). The maximum Gasteiger partial charge on any atom is 0.220 e. The normalized spacial score (nSPS) is 20.2. The number of benzene rings is 1. The van der Waals surface area contributed by atoms with E-state index in [0.717, 1.165) is 29.2 Å². The number of aliphatic hydroxyl groups is 1. The van der Waals surface area contributed by atoms with Gasteiger partial charge in [-0.05, 0) is 19.1 Å². The van der Waals surface area contributed by atoms with Crippen molar-refractivity contribution in [3.8, 4) is 11.3 Å². The predicted octanol–water partition coefficient (Wildman–Crippen LogP) is 2.57. The molecular formula is C18H22N2O3S. The third kappa shape index (κ3) is 4.19. The summed E-state index contributed by atoms with van der Waals surface area (Å²) in [4.78, 5) is 16.4. The number of rotatable bonds is 6. The minimum absolute atomic E-state index is 0.0857. The second-order valence-electron chi connectivity index (χ2n) is 6.19. The fourth-order valence-electron chi connectivity index (χ4n) is 2.72. The molecule has 1 atom stereocenters. The van der Waals surface area contributed by atoms with Crippen molar-refractivity contribution >= 4 is 17.7 Å². The summed E-state index contributed by atoms with van der Waals surface area (Å²) in [5, 5.41) is 13.0. The van der Waals surface area contributed by atoms with Gasteiger partial charge in [0.25, 0.3) is 0 Å². The molecule has 1 aliphatic rings.